The van der Waals surface area contributed by atoms with Crippen LogP contribution in [0.5, 0.6) is 11.5 Å². The number of aliphatic hydroxyl groups is 1. The molecule has 0 aliphatic carbocycles. The minimum absolute atomic E-state index is 0.0764. The van der Waals surface area contributed by atoms with Crippen molar-refractivity contribution in [2.75, 3.05) is 6.61 Å². The van der Waals surface area contributed by atoms with Crippen molar-refractivity contribution in [2.24, 2.45) is 5.73 Å². The van der Waals surface area contributed by atoms with E-state index in [1.807, 2.05) is 24.3 Å². The molecule has 0 saturated heterocycles. The normalized spacial score (nSPS) is 15.3. The molecule has 4 rings (SSSR count). The van der Waals surface area contributed by atoms with Crippen LogP contribution in [0.25, 0.3) is 0 Å². The Balaban J connectivity index is 1.68. The second-order valence-corrected chi connectivity index (χ2v) is 6.58. The van der Waals surface area contributed by atoms with Gasteiger partial charge in [0.05, 0.1) is 12.2 Å². The van der Waals surface area contributed by atoms with Crippen LogP contribution in [0.2, 0.25) is 0 Å². The van der Waals surface area contributed by atoms with E-state index in [-0.39, 0.29) is 5.78 Å². The highest BCUT2D eigenvalue weighted by Crippen LogP contribution is 2.33. The standard InChI is InChI=1S/C22H20N2O4/c23-22(26)15-5-3-14(4-6-15)21(16-2-1-10-24-13-16)28-17-7-8-18-19(25)9-11-27-20(18)12-17/h1-8,10,12-13,21-22,26H,9,11,23H2/t21-,22?/m1/s1. The second kappa shape index (κ2) is 7.80. The Morgan fingerprint density at radius 2 is 1.86 bits per heavy atom. The smallest absolute Gasteiger partial charge is 0.169 e. The number of hydrogen-bond acceptors (Lipinski definition) is 6. The first-order chi connectivity index (χ1) is 13.6. The van der Waals surface area contributed by atoms with E-state index in [1.165, 1.54) is 0 Å². The van der Waals surface area contributed by atoms with Gasteiger partial charge in [-0.05, 0) is 29.3 Å². The Kier molecular flexibility index (Phi) is 5.06. The first-order valence-corrected chi connectivity index (χ1v) is 9.02. The molecule has 6 heteroatoms. The van der Waals surface area contributed by atoms with Gasteiger partial charge >= 0.3 is 0 Å². The summed E-state index contributed by atoms with van der Waals surface area (Å²) in [7, 11) is 0. The van der Waals surface area contributed by atoms with Crippen LogP contribution in [0.4, 0.5) is 0 Å². The van der Waals surface area contributed by atoms with Gasteiger partial charge in [0.15, 0.2) is 11.9 Å². The molecule has 2 aromatic carbocycles. The summed E-state index contributed by atoms with van der Waals surface area (Å²) in [6, 6.07) is 16.3. The van der Waals surface area contributed by atoms with Gasteiger partial charge in [0.2, 0.25) is 0 Å². The number of pyridine rings is 1. The van der Waals surface area contributed by atoms with E-state index in [0.717, 1.165) is 11.1 Å². The average Bonchev–Trinajstić information content (AvgIpc) is 2.73. The molecule has 2 atom stereocenters. The Morgan fingerprint density at radius 3 is 2.57 bits per heavy atom. The van der Waals surface area contributed by atoms with E-state index < -0.39 is 12.3 Å². The molecule has 0 spiro atoms. The number of Topliss-reactive ketones (excluding diaryl/α,β-unsaturated/α-hetero) is 1. The monoisotopic (exact) mass is 376 g/mol. The third-order valence-electron chi connectivity index (χ3n) is 4.66. The number of rotatable bonds is 5. The summed E-state index contributed by atoms with van der Waals surface area (Å²) in [6.07, 6.45) is 2.39. The van der Waals surface area contributed by atoms with Crippen molar-refractivity contribution in [1.29, 1.82) is 0 Å². The first-order valence-electron chi connectivity index (χ1n) is 9.02. The summed E-state index contributed by atoms with van der Waals surface area (Å²) < 4.78 is 11.9. The SMILES string of the molecule is NC(O)c1ccc([C@@H](Oc2ccc3c(c2)OCCC3=O)c2cccnc2)cc1. The van der Waals surface area contributed by atoms with Crippen molar-refractivity contribution < 1.29 is 19.4 Å². The molecule has 1 unspecified atom stereocenters. The Labute approximate surface area is 162 Å². The lowest BCUT2D eigenvalue weighted by Crippen LogP contribution is -2.16. The molecular formula is C22H20N2O4. The molecule has 2 heterocycles. The van der Waals surface area contributed by atoms with E-state index in [0.29, 0.717) is 35.7 Å². The number of hydrogen-bond donors (Lipinski definition) is 2. The fraction of sp³-hybridized carbons (Fsp3) is 0.182. The van der Waals surface area contributed by atoms with Crippen LogP contribution in [0, 0.1) is 0 Å². The quantitative estimate of drug-likeness (QED) is 0.664. The Hall–Kier alpha value is -3.22. The van der Waals surface area contributed by atoms with Crippen molar-refractivity contribution in [3.63, 3.8) is 0 Å². The summed E-state index contributed by atoms with van der Waals surface area (Å²) in [5.74, 6) is 1.21. The summed E-state index contributed by atoms with van der Waals surface area (Å²) in [6.45, 7) is 0.379. The number of nitrogens with two attached hydrogens (primary N) is 1. The fourth-order valence-electron chi connectivity index (χ4n) is 3.18. The van der Waals surface area contributed by atoms with Gasteiger partial charge in [-0.2, -0.15) is 0 Å². The van der Waals surface area contributed by atoms with Crippen molar-refractivity contribution >= 4 is 5.78 Å². The first kappa shape index (κ1) is 18.2. The summed E-state index contributed by atoms with van der Waals surface area (Å²) in [5, 5.41) is 9.53. The average molecular weight is 376 g/mol. The summed E-state index contributed by atoms with van der Waals surface area (Å²) in [5.41, 5.74) is 8.48. The number of fused-ring (bicyclic) bond motifs is 1. The number of aliphatic hydroxyl groups excluding tert-OH is 1. The van der Waals surface area contributed by atoms with Crippen LogP contribution >= 0.6 is 0 Å². The van der Waals surface area contributed by atoms with Crippen molar-refractivity contribution in [2.45, 2.75) is 18.8 Å². The third-order valence-corrected chi connectivity index (χ3v) is 4.66. The van der Waals surface area contributed by atoms with Crippen LogP contribution < -0.4 is 15.2 Å². The molecule has 28 heavy (non-hydrogen) atoms. The van der Waals surface area contributed by atoms with Crippen LogP contribution in [-0.2, 0) is 0 Å². The van der Waals surface area contributed by atoms with Gasteiger partial charge in [-0.1, -0.05) is 30.3 Å². The molecule has 1 aliphatic heterocycles. The van der Waals surface area contributed by atoms with Crippen LogP contribution in [-0.4, -0.2) is 22.5 Å². The van der Waals surface area contributed by atoms with Crippen molar-refractivity contribution in [3.8, 4) is 11.5 Å². The van der Waals surface area contributed by atoms with Gasteiger partial charge in [0.25, 0.3) is 0 Å². The number of carbonyl (C=O) groups excluding carboxylic acids is 1. The molecule has 142 valence electrons. The topological polar surface area (TPSA) is 94.7 Å². The molecule has 0 radical (unpaired) electrons. The molecule has 1 aromatic heterocycles. The van der Waals surface area contributed by atoms with Crippen LogP contribution in [0.15, 0.2) is 67.0 Å². The predicted molar refractivity (Wildman–Crippen MR) is 103 cm³/mol. The van der Waals surface area contributed by atoms with Gasteiger partial charge in [-0.3, -0.25) is 9.78 Å². The van der Waals surface area contributed by atoms with E-state index >= 15 is 0 Å². The maximum absolute atomic E-state index is 12.0. The van der Waals surface area contributed by atoms with Gasteiger partial charge < -0.3 is 20.3 Å². The zero-order valence-electron chi connectivity index (χ0n) is 15.1. The number of nitrogens with zero attached hydrogens (tertiary/aromatic N) is 1. The van der Waals surface area contributed by atoms with E-state index in [4.69, 9.17) is 15.2 Å². The van der Waals surface area contributed by atoms with E-state index in [9.17, 15) is 9.90 Å². The van der Waals surface area contributed by atoms with E-state index in [2.05, 4.69) is 4.98 Å². The second-order valence-electron chi connectivity index (χ2n) is 6.58. The lowest BCUT2D eigenvalue weighted by molar-refractivity contribution is 0.0933. The minimum Gasteiger partial charge on any atom is -0.492 e. The van der Waals surface area contributed by atoms with Gasteiger partial charge in [-0.15, -0.1) is 0 Å². The zero-order chi connectivity index (χ0) is 19.5. The summed E-state index contributed by atoms with van der Waals surface area (Å²) >= 11 is 0. The van der Waals surface area contributed by atoms with Crippen molar-refractivity contribution in [1.82, 2.24) is 4.98 Å². The Morgan fingerprint density at radius 1 is 1.07 bits per heavy atom. The number of benzene rings is 2. The number of carbonyl (C=O) groups is 1. The molecule has 6 nitrogen and oxygen atoms in total. The van der Waals surface area contributed by atoms with Crippen LogP contribution in [0.3, 0.4) is 0 Å². The predicted octanol–water partition coefficient (Wildman–Crippen LogP) is 3.16. The molecule has 3 N–H and O–H groups in total. The number of ketones is 1. The molecular weight excluding hydrogens is 356 g/mol. The lowest BCUT2D eigenvalue weighted by Gasteiger charge is -2.22. The summed E-state index contributed by atoms with van der Waals surface area (Å²) in [4.78, 5) is 16.2. The van der Waals surface area contributed by atoms with Gasteiger partial charge in [-0.25, -0.2) is 0 Å². The highest BCUT2D eigenvalue weighted by atomic mass is 16.5. The third kappa shape index (κ3) is 3.74. The maximum atomic E-state index is 12.0. The molecule has 3 aromatic rings. The minimum atomic E-state index is -1.03. The molecule has 0 amide bonds. The number of ether oxygens (including phenoxy) is 2. The highest BCUT2D eigenvalue weighted by Gasteiger charge is 2.21. The molecule has 0 fully saturated rings. The van der Waals surface area contributed by atoms with Crippen molar-refractivity contribution in [3.05, 3.63) is 89.2 Å². The maximum Gasteiger partial charge on any atom is 0.169 e. The molecule has 0 bridgehead atoms. The molecule has 0 saturated carbocycles. The van der Waals surface area contributed by atoms with Crippen LogP contribution in [0.1, 0.15) is 45.8 Å². The molecule has 1 aliphatic rings. The largest absolute Gasteiger partial charge is 0.492 e. The fourth-order valence-corrected chi connectivity index (χ4v) is 3.18. The Bertz CT molecular complexity index is 972. The van der Waals surface area contributed by atoms with E-state index in [1.54, 1.807) is 42.7 Å². The number of aromatic nitrogens is 1. The zero-order valence-corrected chi connectivity index (χ0v) is 15.1. The van der Waals surface area contributed by atoms with Gasteiger partial charge in [0, 0.05) is 30.4 Å². The lowest BCUT2D eigenvalue weighted by atomic mass is 10.0. The van der Waals surface area contributed by atoms with Gasteiger partial charge in [0.1, 0.15) is 17.7 Å². The highest BCUT2D eigenvalue weighted by molar-refractivity contribution is 5.99.